The van der Waals surface area contributed by atoms with E-state index in [4.69, 9.17) is 14.0 Å². The minimum atomic E-state index is -0.434. The molecule has 4 rings (SSSR count). The molecular formula is C21H21N3O4. The molecule has 144 valence electrons. The van der Waals surface area contributed by atoms with Crippen molar-refractivity contribution < 1.29 is 18.8 Å². The third-order valence-electron chi connectivity index (χ3n) is 4.83. The van der Waals surface area contributed by atoms with Gasteiger partial charge in [-0.05, 0) is 37.1 Å². The van der Waals surface area contributed by atoms with Gasteiger partial charge >= 0.3 is 6.09 Å². The number of ether oxygens (including phenoxy) is 2. The van der Waals surface area contributed by atoms with Gasteiger partial charge in [0.2, 0.25) is 0 Å². The molecule has 3 aromatic rings. The molecule has 0 radical (unpaired) electrons. The summed E-state index contributed by atoms with van der Waals surface area (Å²) in [5.41, 5.74) is 2.37. The van der Waals surface area contributed by atoms with Gasteiger partial charge in [-0.25, -0.2) is 4.79 Å². The van der Waals surface area contributed by atoms with Gasteiger partial charge in [-0.1, -0.05) is 18.0 Å². The predicted molar refractivity (Wildman–Crippen MR) is 103 cm³/mol. The summed E-state index contributed by atoms with van der Waals surface area (Å²) >= 11 is 0. The van der Waals surface area contributed by atoms with E-state index in [1.54, 1.807) is 50.0 Å². The van der Waals surface area contributed by atoms with E-state index in [0.717, 1.165) is 42.4 Å². The lowest BCUT2D eigenvalue weighted by atomic mass is 10.0. The lowest BCUT2D eigenvalue weighted by molar-refractivity contribution is 0.196. The fourth-order valence-corrected chi connectivity index (χ4v) is 3.44. The van der Waals surface area contributed by atoms with Gasteiger partial charge in [0.05, 0.1) is 13.3 Å². The monoisotopic (exact) mass is 379 g/mol. The Morgan fingerprint density at radius 3 is 2.71 bits per heavy atom. The van der Waals surface area contributed by atoms with Crippen molar-refractivity contribution in [1.82, 2.24) is 15.5 Å². The Morgan fingerprint density at radius 2 is 1.96 bits per heavy atom. The molecule has 1 amide bonds. The highest BCUT2D eigenvalue weighted by Crippen LogP contribution is 2.35. The van der Waals surface area contributed by atoms with Gasteiger partial charge in [0, 0.05) is 41.2 Å². The molecule has 1 saturated carbocycles. The molecule has 0 aliphatic heterocycles. The summed E-state index contributed by atoms with van der Waals surface area (Å²) in [7, 11) is 1.60. The first kappa shape index (κ1) is 18.0. The molecule has 2 aromatic heterocycles. The molecule has 0 spiro atoms. The number of rotatable bonds is 5. The highest BCUT2D eigenvalue weighted by Gasteiger charge is 2.19. The summed E-state index contributed by atoms with van der Waals surface area (Å²) < 4.78 is 16.2. The van der Waals surface area contributed by atoms with Crippen LogP contribution in [0, 0.1) is 0 Å². The molecule has 7 heteroatoms. The van der Waals surface area contributed by atoms with E-state index >= 15 is 0 Å². The van der Waals surface area contributed by atoms with Crippen molar-refractivity contribution in [2.24, 2.45) is 0 Å². The topological polar surface area (TPSA) is 86.5 Å². The van der Waals surface area contributed by atoms with E-state index in [0.29, 0.717) is 17.3 Å². The third-order valence-corrected chi connectivity index (χ3v) is 4.83. The molecule has 1 aliphatic rings. The Hall–Kier alpha value is -3.35. The number of pyridine rings is 1. The van der Waals surface area contributed by atoms with Gasteiger partial charge in [0.15, 0.2) is 5.76 Å². The number of hydrogen-bond acceptors (Lipinski definition) is 6. The number of nitrogens with one attached hydrogen (secondary N) is 1. The van der Waals surface area contributed by atoms with Crippen LogP contribution in [0.15, 0.2) is 53.4 Å². The predicted octanol–water partition coefficient (Wildman–Crippen LogP) is 4.44. The second-order valence-electron chi connectivity index (χ2n) is 6.72. The van der Waals surface area contributed by atoms with E-state index in [1.807, 2.05) is 6.07 Å². The second kappa shape index (κ2) is 8.12. The van der Waals surface area contributed by atoms with Crippen molar-refractivity contribution in [2.75, 3.05) is 7.11 Å². The van der Waals surface area contributed by atoms with E-state index in [-0.39, 0.29) is 6.04 Å². The van der Waals surface area contributed by atoms with Crippen molar-refractivity contribution in [3.05, 3.63) is 48.9 Å². The van der Waals surface area contributed by atoms with E-state index in [1.165, 1.54) is 0 Å². The smallest absolute Gasteiger partial charge is 0.412 e. The van der Waals surface area contributed by atoms with Gasteiger partial charge in [0.25, 0.3) is 0 Å². The summed E-state index contributed by atoms with van der Waals surface area (Å²) in [6.07, 6.45) is 8.87. The van der Waals surface area contributed by atoms with Crippen LogP contribution in [-0.2, 0) is 0 Å². The van der Waals surface area contributed by atoms with Crippen molar-refractivity contribution in [3.8, 4) is 33.9 Å². The summed E-state index contributed by atoms with van der Waals surface area (Å²) in [5, 5.41) is 6.65. The normalized spacial score (nSPS) is 14.0. The maximum absolute atomic E-state index is 12.2. The van der Waals surface area contributed by atoms with Gasteiger partial charge in [-0.2, -0.15) is 0 Å². The maximum Gasteiger partial charge on any atom is 0.412 e. The second-order valence-corrected chi connectivity index (χ2v) is 6.72. The average molecular weight is 379 g/mol. The highest BCUT2D eigenvalue weighted by molar-refractivity contribution is 5.77. The summed E-state index contributed by atoms with van der Waals surface area (Å²) in [5.74, 6) is 1.72. The van der Waals surface area contributed by atoms with E-state index < -0.39 is 6.09 Å². The minimum absolute atomic E-state index is 0.202. The molecule has 1 N–H and O–H groups in total. The summed E-state index contributed by atoms with van der Waals surface area (Å²) in [6.45, 7) is 0. The SMILES string of the molecule is COc1ccc(OC(=O)NC2CCCC2)cc1-c1cncc(-c2ccno2)c1. The van der Waals surface area contributed by atoms with Crippen LogP contribution < -0.4 is 14.8 Å². The molecule has 1 fully saturated rings. The number of amides is 1. The van der Waals surface area contributed by atoms with Crippen LogP contribution in [0.2, 0.25) is 0 Å². The number of carbonyl (C=O) groups excluding carboxylic acids is 1. The molecule has 1 aliphatic carbocycles. The van der Waals surface area contributed by atoms with Gasteiger partial charge in [0.1, 0.15) is 11.5 Å². The zero-order valence-corrected chi connectivity index (χ0v) is 15.6. The Bertz CT molecular complexity index is 950. The van der Waals surface area contributed by atoms with Gasteiger partial charge < -0.3 is 19.3 Å². The van der Waals surface area contributed by atoms with Crippen LogP contribution in [-0.4, -0.2) is 29.4 Å². The van der Waals surface area contributed by atoms with E-state index in [9.17, 15) is 4.79 Å². The van der Waals surface area contributed by atoms with Gasteiger partial charge in [-0.15, -0.1) is 0 Å². The first-order chi connectivity index (χ1) is 13.7. The lowest BCUT2D eigenvalue weighted by Gasteiger charge is -2.14. The number of aromatic nitrogens is 2. The number of hydrogen-bond donors (Lipinski definition) is 1. The fraction of sp³-hybridized carbons (Fsp3) is 0.286. The van der Waals surface area contributed by atoms with Crippen molar-refractivity contribution in [3.63, 3.8) is 0 Å². The quantitative estimate of drug-likeness (QED) is 0.705. The van der Waals surface area contributed by atoms with Crippen molar-refractivity contribution >= 4 is 6.09 Å². The summed E-state index contributed by atoms with van der Waals surface area (Å²) in [6, 6.07) is 9.15. The molecule has 0 atom stereocenters. The Balaban J connectivity index is 1.58. The maximum atomic E-state index is 12.2. The first-order valence-electron chi connectivity index (χ1n) is 9.26. The number of nitrogens with zero attached hydrogens (tertiary/aromatic N) is 2. The first-order valence-corrected chi connectivity index (χ1v) is 9.26. The Morgan fingerprint density at radius 1 is 1.14 bits per heavy atom. The molecular weight excluding hydrogens is 358 g/mol. The van der Waals surface area contributed by atoms with Crippen LogP contribution in [0.1, 0.15) is 25.7 Å². The Kier molecular flexibility index (Phi) is 5.23. The number of methoxy groups -OCH3 is 1. The zero-order chi connectivity index (χ0) is 19.3. The van der Waals surface area contributed by atoms with Crippen molar-refractivity contribution in [2.45, 2.75) is 31.7 Å². The van der Waals surface area contributed by atoms with Crippen LogP contribution in [0.25, 0.3) is 22.5 Å². The van der Waals surface area contributed by atoms with Crippen LogP contribution >= 0.6 is 0 Å². The fourth-order valence-electron chi connectivity index (χ4n) is 3.44. The zero-order valence-electron chi connectivity index (χ0n) is 15.6. The Labute approximate surface area is 162 Å². The molecule has 7 nitrogen and oxygen atoms in total. The minimum Gasteiger partial charge on any atom is -0.496 e. The highest BCUT2D eigenvalue weighted by atomic mass is 16.6. The van der Waals surface area contributed by atoms with Crippen LogP contribution in [0.3, 0.4) is 0 Å². The molecule has 2 heterocycles. The molecule has 0 saturated heterocycles. The number of benzene rings is 1. The lowest BCUT2D eigenvalue weighted by Crippen LogP contribution is -2.34. The molecule has 0 bridgehead atoms. The van der Waals surface area contributed by atoms with Crippen LogP contribution in [0.4, 0.5) is 4.79 Å². The van der Waals surface area contributed by atoms with Gasteiger partial charge in [-0.3, -0.25) is 4.98 Å². The van der Waals surface area contributed by atoms with E-state index in [2.05, 4.69) is 15.5 Å². The average Bonchev–Trinajstić information content (AvgIpc) is 3.42. The standard InChI is InChI=1S/C21H21N3O4/c1-26-20-7-6-17(27-21(25)24-16-4-2-3-5-16)11-18(20)14-10-15(13-22-12-14)19-8-9-23-28-19/h6-13,16H,2-5H2,1H3,(H,24,25). The summed E-state index contributed by atoms with van der Waals surface area (Å²) in [4.78, 5) is 16.5. The largest absolute Gasteiger partial charge is 0.496 e. The molecule has 1 aromatic carbocycles. The van der Waals surface area contributed by atoms with Crippen molar-refractivity contribution in [1.29, 1.82) is 0 Å². The number of carbonyl (C=O) groups is 1. The van der Waals surface area contributed by atoms with Crippen LogP contribution in [0.5, 0.6) is 11.5 Å². The molecule has 28 heavy (non-hydrogen) atoms. The molecule has 0 unspecified atom stereocenters. The third kappa shape index (κ3) is 3.98.